The quantitative estimate of drug-likeness (QED) is 0.668. The summed E-state index contributed by atoms with van der Waals surface area (Å²) in [5.41, 5.74) is 1.91. The number of aromatic nitrogens is 2. The van der Waals surface area contributed by atoms with E-state index >= 15 is 0 Å². The first-order chi connectivity index (χ1) is 4.66. The number of rotatable bonds is 1. The van der Waals surface area contributed by atoms with Gasteiger partial charge in [0.15, 0.2) is 0 Å². The predicted octanol–water partition coefficient (Wildman–Crippen LogP) is 2.28. The van der Waals surface area contributed by atoms with Crippen molar-refractivity contribution in [3.8, 4) is 0 Å². The molecule has 0 bridgehead atoms. The van der Waals surface area contributed by atoms with E-state index in [4.69, 9.17) is 11.6 Å². The second-order valence-electron chi connectivity index (χ2n) is 2.10. The minimum absolute atomic E-state index is 0.716. The smallest absolute Gasteiger partial charge is 0.0918 e. The van der Waals surface area contributed by atoms with E-state index in [1.165, 1.54) is 0 Å². The first-order valence-corrected chi connectivity index (χ1v) is 4.40. The van der Waals surface area contributed by atoms with Crippen molar-refractivity contribution in [2.24, 2.45) is 7.05 Å². The molecule has 0 atom stereocenters. The summed E-state index contributed by atoms with van der Waals surface area (Å²) in [5.74, 6) is 0. The van der Waals surface area contributed by atoms with Crippen LogP contribution in [0.2, 0.25) is 5.02 Å². The second kappa shape index (κ2) is 2.93. The minimum atomic E-state index is 0.716. The van der Waals surface area contributed by atoms with Gasteiger partial charge >= 0.3 is 0 Å². The van der Waals surface area contributed by atoms with Crippen LogP contribution in [0.3, 0.4) is 0 Å². The fourth-order valence-corrected chi connectivity index (χ4v) is 1.52. The third kappa shape index (κ3) is 1.20. The molecule has 0 aliphatic heterocycles. The van der Waals surface area contributed by atoms with Gasteiger partial charge in [-0.15, -0.1) is 0 Å². The molecule has 0 radical (unpaired) electrons. The van der Waals surface area contributed by atoms with Gasteiger partial charge < -0.3 is 0 Å². The fraction of sp³-hybridized carbons (Fsp3) is 0.500. The van der Waals surface area contributed by atoms with E-state index < -0.39 is 0 Å². The summed E-state index contributed by atoms with van der Waals surface area (Å²) in [7, 11) is 1.88. The van der Waals surface area contributed by atoms with Crippen LogP contribution in [-0.4, -0.2) is 9.78 Å². The first kappa shape index (κ1) is 8.08. The highest BCUT2D eigenvalue weighted by Gasteiger charge is 2.07. The van der Waals surface area contributed by atoms with Crippen molar-refractivity contribution in [3.05, 3.63) is 16.4 Å². The Balaban J connectivity index is 3.17. The standard InChI is InChI=1S/C6H8BrClN2/c1-4-6(8)5(3-7)9-10(4)2/h3H2,1-2H3. The van der Waals surface area contributed by atoms with Crippen molar-refractivity contribution < 1.29 is 0 Å². The number of nitrogens with zero attached hydrogens (tertiary/aromatic N) is 2. The van der Waals surface area contributed by atoms with Gasteiger partial charge in [0.2, 0.25) is 0 Å². The molecular weight excluding hydrogens is 215 g/mol. The lowest BCUT2D eigenvalue weighted by molar-refractivity contribution is 0.730. The summed E-state index contributed by atoms with van der Waals surface area (Å²) < 4.78 is 1.78. The molecule has 0 N–H and O–H groups in total. The van der Waals surface area contributed by atoms with Crippen molar-refractivity contribution in [2.75, 3.05) is 0 Å². The van der Waals surface area contributed by atoms with Crippen LogP contribution in [0.1, 0.15) is 11.4 Å². The Bertz CT molecular complexity index is 244. The lowest BCUT2D eigenvalue weighted by Gasteiger charge is -1.89. The topological polar surface area (TPSA) is 17.8 Å². The normalized spacial score (nSPS) is 10.4. The largest absolute Gasteiger partial charge is 0.271 e. The van der Waals surface area contributed by atoms with Crippen LogP contribution in [0.15, 0.2) is 0 Å². The molecule has 0 amide bonds. The highest BCUT2D eigenvalue weighted by molar-refractivity contribution is 9.08. The van der Waals surface area contributed by atoms with Gasteiger partial charge in [-0.1, -0.05) is 27.5 Å². The molecule has 0 aliphatic carbocycles. The number of alkyl halides is 1. The molecule has 4 heteroatoms. The number of aryl methyl sites for hydroxylation is 1. The maximum absolute atomic E-state index is 5.90. The average molecular weight is 224 g/mol. The Morgan fingerprint density at radius 2 is 2.30 bits per heavy atom. The third-order valence-electron chi connectivity index (χ3n) is 1.45. The summed E-state index contributed by atoms with van der Waals surface area (Å²) in [6.45, 7) is 1.95. The zero-order valence-electron chi connectivity index (χ0n) is 5.86. The molecule has 0 spiro atoms. The van der Waals surface area contributed by atoms with Crippen LogP contribution in [0.25, 0.3) is 0 Å². The van der Waals surface area contributed by atoms with Crippen LogP contribution in [0.5, 0.6) is 0 Å². The molecule has 0 saturated carbocycles. The Morgan fingerprint density at radius 1 is 1.70 bits per heavy atom. The molecule has 0 aromatic carbocycles. The Hall–Kier alpha value is -0.0200. The second-order valence-corrected chi connectivity index (χ2v) is 3.04. The molecule has 0 fully saturated rings. The SMILES string of the molecule is Cc1c(Cl)c(CBr)nn1C. The summed E-state index contributed by atoms with van der Waals surface area (Å²) in [5, 5.41) is 5.65. The van der Waals surface area contributed by atoms with E-state index in [2.05, 4.69) is 21.0 Å². The van der Waals surface area contributed by atoms with Gasteiger partial charge in [-0.05, 0) is 6.92 Å². The van der Waals surface area contributed by atoms with Gasteiger partial charge in [0, 0.05) is 12.4 Å². The molecule has 0 saturated heterocycles. The zero-order valence-corrected chi connectivity index (χ0v) is 8.20. The third-order valence-corrected chi connectivity index (χ3v) is 2.48. The Kier molecular flexibility index (Phi) is 2.36. The molecular formula is C6H8BrClN2. The molecule has 0 unspecified atom stereocenters. The highest BCUT2D eigenvalue weighted by atomic mass is 79.9. The van der Waals surface area contributed by atoms with Crippen molar-refractivity contribution in [1.82, 2.24) is 9.78 Å². The molecule has 56 valence electrons. The lowest BCUT2D eigenvalue weighted by atomic mass is 10.4. The maximum Gasteiger partial charge on any atom is 0.0918 e. The maximum atomic E-state index is 5.90. The first-order valence-electron chi connectivity index (χ1n) is 2.90. The van der Waals surface area contributed by atoms with Gasteiger partial charge in [-0.2, -0.15) is 5.10 Å². The van der Waals surface area contributed by atoms with E-state index in [1.807, 2.05) is 14.0 Å². The average Bonchev–Trinajstić information content (AvgIpc) is 2.17. The van der Waals surface area contributed by atoms with E-state index in [9.17, 15) is 0 Å². The zero-order chi connectivity index (χ0) is 7.72. The predicted molar refractivity (Wildman–Crippen MR) is 45.6 cm³/mol. The van der Waals surface area contributed by atoms with Crippen LogP contribution in [0, 0.1) is 6.92 Å². The van der Waals surface area contributed by atoms with Crippen molar-refractivity contribution in [1.29, 1.82) is 0 Å². The van der Waals surface area contributed by atoms with E-state index in [0.717, 1.165) is 16.4 Å². The van der Waals surface area contributed by atoms with E-state index in [1.54, 1.807) is 4.68 Å². The van der Waals surface area contributed by atoms with Gasteiger partial charge in [0.1, 0.15) is 0 Å². The van der Waals surface area contributed by atoms with Crippen LogP contribution in [-0.2, 0) is 12.4 Å². The molecule has 10 heavy (non-hydrogen) atoms. The molecule has 2 nitrogen and oxygen atoms in total. The van der Waals surface area contributed by atoms with Gasteiger partial charge in [-0.25, -0.2) is 0 Å². The number of hydrogen-bond donors (Lipinski definition) is 0. The Labute approximate surface area is 73.3 Å². The Morgan fingerprint density at radius 3 is 2.50 bits per heavy atom. The van der Waals surface area contributed by atoms with Crippen molar-refractivity contribution >= 4 is 27.5 Å². The van der Waals surface area contributed by atoms with E-state index in [-0.39, 0.29) is 0 Å². The number of halogens is 2. The molecule has 1 aromatic heterocycles. The summed E-state index contributed by atoms with van der Waals surface area (Å²) >= 11 is 9.20. The van der Waals surface area contributed by atoms with E-state index in [0.29, 0.717) is 5.33 Å². The molecule has 1 heterocycles. The molecule has 0 aliphatic rings. The van der Waals surface area contributed by atoms with Crippen molar-refractivity contribution in [2.45, 2.75) is 12.3 Å². The van der Waals surface area contributed by atoms with Gasteiger partial charge in [0.25, 0.3) is 0 Å². The van der Waals surface area contributed by atoms with Crippen LogP contribution in [0.4, 0.5) is 0 Å². The fourth-order valence-electron chi connectivity index (χ4n) is 0.736. The van der Waals surface area contributed by atoms with Gasteiger partial charge in [0.05, 0.1) is 16.4 Å². The molecule has 1 rings (SSSR count). The van der Waals surface area contributed by atoms with Gasteiger partial charge in [-0.3, -0.25) is 4.68 Å². The monoisotopic (exact) mass is 222 g/mol. The number of hydrogen-bond acceptors (Lipinski definition) is 1. The minimum Gasteiger partial charge on any atom is -0.271 e. The summed E-state index contributed by atoms with van der Waals surface area (Å²) in [6.07, 6.45) is 0. The lowest BCUT2D eigenvalue weighted by Crippen LogP contribution is -1.92. The van der Waals surface area contributed by atoms with Crippen molar-refractivity contribution in [3.63, 3.8) is 0 Å². The van der Waals surface area contributed by atoms with Crippen LogP contribution >= 0.6 is 27.5 Å². The highest BCUT2D eigenvalue weighted by Crippen LogP contribution is 2.20. The summed E-state index contributed by atoms with van der Waals surface area (Å²) in [6, 6.07) is 0. The summed E-state index contributed by atoms with van der Waals surface area (Å²) in [4.78, 5) is 0. The molecule has 1 aromatic rings. The van der Waals surface area contributed by atoms with Crippen LogP contribution < -0.4 is 0 Å².